The van der Waals surface area contributed by atoms with Gasteiger partial charge in [0.15, 0.2) is 9.84 Å². The number of carbonyl (C=O) groups is 1. The van der Waals surface area contributed by atoms with Gasteiger partial charge in [0, 0.05) is 49.6 Å². The van der Waals surface area contributed by atoms with E-state index in [1.165, 1.54) is 6.26 Å². The van der Waals surface area contributed by atoms with Gasteiger partial charge in [0.05, 0.1) is 4.90 Å². The van der Waals surface area contributed by atoms with Gasteiger partial charge in [-0.2, -0.15) is 0 Å². The maximum Gasteiger partial charge on any atom is 0.270 e. The molecule has 29 heavy (non-hydrogen) atoms. The maximum absolute atomic E-state index is 12.8. The lowest BCUT2D eigenvalue weighted by Gasteiger charge is -2.33. The molecule has 2 aromatic heterocycles. The number of hydrogen-bond acceptors (Lipinski definition) is 5. The zero-order chi connectivity index (χ0) is 20.6. The molecular formula is C21H24N4O3S. The van der Waals surface area contributed by atoms with Crippen LogP contribution in [0.3, 0.4) is 0 Å². The molecule has 0 atom stereocenters. The lowest BCUT2D eigenvalue weighted by Crippen LogP contribution is -2.48. The normalized spacial score (nSPS) is 15.7. The first-order chi connectivity index (χ1) is 13.8. The third kappa shape index (κ3) is 4.04. The molecule has 1 N–H and O–H groups in total. The first-order valence-corrected chi connectivity index (χ1v) is 11.5. The maximum atomic E-state index is 12.8. The van der Waals surface area contributed by atoms with Crippen molar-refractivity contribution >= 4 is 26.8 Å². The van der Waals surface area contributed by atoms with Gasteiger partial charge in [0.1, 0.15) is 11.3 Å². The van der Waals surface area contributed by atoms with Crippen LogP contribution in [-0.2, 0) is 9.84 Å². The molecule has 0 radical (unpaired) electrons. The van der Waals surface area contributed by atoms with Crippen molar-refractivity contribution in [2.45, 2.75) is 11.8 Å². The molecule has 7 nitrogen and oxygen atoms in total. The van der Waals surface area contributed by atoms with E-state index >= 15 is 0 Å². The third-order valence-electron chi connectivity index (χ3n) is 5.42. The van der Waals surface area contributed by atoms with E-state index in [0.717, 1.165) is 49.2 Å². The average Bonchev–Trinajstić information content (AvgIpc) is 3.16. The molecule has 4 rings (SSSR count). The summed E-state index contributed by atoms with van der Waals surface area (Å²) < 4.78 is 23.3. The van der Waals surface area contributed by atoms with Gasteiger partial charge in [-0.25, -0.2) is 13.4 Å². The number of benzene rings is 1. The van der Waals surface area contributed by atoms with Crippen molar-refractivity contribution in [3.8, 4) is 11.1 Å². The highest BCUT2D eigenvalue weighted by Crippen LogP contribution is 2.25. The minimum atomic E-state index is -3.22. The van der Waals surface area contributed by atoms with Crippen molar-refractivity contribution in [1.29, 1.82) is 0 Å². The van der Waals surface area contributed by atoms with Crippen molar-refractivity contribution in [3.05, 3.63) is 48.3 Å². The zero-order valence-electron chi connectivity index (χ0n) is 16.6. The van der Waals surface area contributed by atoms with Gasteiger partial charge in [-0.05, 0) is 36.4 Å². The molecule has 1 amide bonds. The first-order valence-electron chi connectivity index (χ1n) is 9.66. The van der Waals surface area contributed by atoms with Crippen molar-refractivity contribution in [3.63, 3.8) is 0 Å². The molecule has 1 saturated heterocycles. The summed E-state index contributed by atoms with van der Waals surface area (Å²) in [6.45, 7) is 6.39. The number of nitrogens with zero attached hydrogens (tertiary/aromatic N) is 3. The Morgan fingerprint density at radius 1 is 1.07 bits per heavy atom. The first kappa shape index (κ1) is 19.6. The van der Waals surface area contributed by atoms with Crippen molar-refractivity contribution < 1.29 is 13.2 Å². The average molecular weight is 413 g/mol. The molecule has 0 bridgehead atoms. The van der Waals surface area contributed by atoms with E-state index in [0.29, 0.717) is 11.3 Å². The molecule has 1 aromatic carbocycles. The second-order valence-corrected chi connectivity index (χ2v) is 9.38. The Balaban J connectivity index is 1.57. The van der Waals surface area contributed by atoms with Gasteiger partial charge in [0.2, 0.25) is 0 Å². The fourth-order valence-electron chi connectivity index (χ4n) is 3.62. The molecule has 0 spiro atoms. The Morgan fingerprint density at radius 3 is 2.38 bits per heavy atom. The number of hydrogen-bond donors (Lipinski definition) is 1. The van der Waals surface area contributed by atoms with Crippen LogP contribution in [0.15, 0.2) is 47.5 Å². The standard InChI is InChI=1S/C21H24N4O3S/c1-3-24-8-10-25(11-9-24)21(26)19-13-16-12-17(14-22-20(16)23-19)15-4-6-18(7-5-15)29(2,27)28/h4-7,12-14H,3,8-11H2,1-2H3,(H,22,23). The van der Waals surface area contributed by atoms with Crippen LogP contribution in [0.5, 0.6) is 0 Å². The number of carbonyl (C=O) groups excluding carboxylic acids is 1. The summed E-state index contributed by atoms with van der Waals surface area (Å²) in [5.74, 6) is -0.00203. The van der Waals surface area contributed by atoms with Crippen molar-refractivity contribution in [2.24, 2.45) is 0 Å². The van der Waals surface area contributed by atoms with Gasteiger partial charge in [-0.3, -0.25) is 4.79 Å². The smallest absolute Gasteiger partial charge is 0.270 e. The van der Waals surface area contributed by atoms with Crippen LogP contribution < -0.4 is 0 Å². The number of nitrogens with one attached hydrogen (secondary N) is 1. The SMILES string of the molecule is CCN1CCN(C(=O)c2cc3cc(-c4ccc(S(C)(=O)=O)cc4)cnc3[nH]2)CC1. The molecular weight excluding hydrogens is 388 g/mol. The monoisotopic (exact) mass is 412 g/mol. The second kappa shape index (κ2) is 7.61. The molecule has 0 unspecified atom stereocenters. The summed E-state index contributed by atoms with van der Waals surface area (Å²) in [6.07, 6.45) is 2.92. The van der Waals surface area contributed by atoms with Gasteiger partial charge < -0.3 is 14.8 Å². The van der Waals surface area contributed by atoms with Gasteiger partial charge >= 0.3 is 0 Å². The number of aromatic nitrogens is 2. The molecule has 0 aliphatic carbocycles. The number of H-pyrrole nitrogens is 1. The molecule has 1 fully saturated rings. The fourth-order valence-corrected chi connectivity index (χ4v) is 4.25. The van der Waals surface area contributed by atoms with Gasteiger partial charge in [-0.15, -0.1) is 0 Å². The number of aromatic amines is 1. The van der Waals surface area contributed by atoms with Crippen LogP contribution in [0.1, 0.15) is 17.4 Å². The summed E-state index contributed by atoms with van der Waals surface area (Å²) in [4.78, 5) is 24.9. The van der Waals surface area contributed by atoms with E-state index in [1.54, 1.807) is 30.5 Å². The van der Waals surface area contributed by atoms with E-state index in [1.807, 2.05) is 17.0 Å². The number of likely N-dealkylation sites (N-methyl/N-ethyl adjacent to an activating group) is 1. The van der Waals surface area contributed by atoms with E-state index in [4.69, 9.17) is 0 Å². The van der Waals surface area contributed by atoms with Crippen LogP contribution >= 0.6 is 0 Å². The Kier molecular flexibility index (Phi) is 5.14. The number of sulfone groups is 1. The lowest BCUT2D eigenvalue weighted by atomic mass is 10.1. The Morgan fingerprint density at radius 2 is 1.76 bits per heavy atom. The summed E-state index contributed by atoms with van der Waals surface area (Å²) in [5, 5.41) is 0.852. The minimum Gasteiger partial charge on any atom is -0.335 e. The number of pyridine rings is 1. The molecule has 1 aliphatic heterocycles. The van der Waals surface area contributed by atoms with Gasteiger partial charge in [-0.1, -0.05) is 19.1 Å². The highest BCUT2D eigenvalue weighted by atomic mass is 32.2. The summed E-state index contributed by atoms with van der Waals surface area (Å²) >= 11 is 0. The Labute approximate surface area is 170 Å². The highest BCUT2D eigenvalue weighted by molar-refractivity contribution is 7.90. The minimum absolute atomic E-state index is 0.00203. The topological polar surface area (TPSA) is 86.4 Å². The van der Waals surface area contributed by atoms with E-state index in [2.05, 4.69) is 21.8 Å². The van der Waals surface area contributed by atoms with Crippen LogP contribution in [0.4, 0.5) is 0 Å². The zero-order valence-corrected chi connectivity index (χ0v) is 17.4. The molecule has 3 aromatic rings. The third-order valence-corrected chi connectivity index (χ3v) is 6.55. The fraction of sp³-hybridized carbons (Fsp3) is 0.333. The highest BCUT2D eigenvalue weighted by Gasteiger charge is 2.22. The quantitative estimate of drug-likeness (QED) is 0.711. The van der Waals surface area contributed by atoms with Crippen LogP contribution in [0.2, 0.25) is 0 Å². The summed E-state index contributed by atoms with van der Waals surface area (Å²) in [7, 11) is -3.22. The number of piperazine rings is 1. The largest absolute Gasteiger partial charge is 0.335 e. The predicted molar refractivity (Wildman–Crippen MR) is 113 cm³/mol. The molecule has 3 heterocycles. The number of rotatable bonds is 4. The number of amides is 1. The van der Waals surface area contributed by atoms with Crippen LogP contribution in [0.25, 0.3) is 22.2 Å². The lowest BCUT2D eigenvalue weighted by molar-refractivity contribution is 0.0638. The number of fused-ring (bicyclic) bond motifs is 1. The van der Waals surface area contributed by atoms with E-state index < -0.39 is 9.84 Å². The van der Waals surface area contributed by atoms with Crippen LogP contribution in [0, 0.1) is 0 Å². The predicted octanol–water partition coefficient (Wildman–Crippen LogP) is 2.41. The molecule has 152 valence electrons. The van der Waals surface area contributed by atoms with E-state index in [-0.39, 0.29) is 10.8 Å². The molecule has 0 saturated carbocycles. The van der Waals surface area contributed by atoms with Crippen molar-refractivity contribution in [1.82, 2.24) is 19.8 Å². The van der Waals surface area contributed by atoms with Gasteiger partial charge in [0.25, 0.3) is 5.91 Å². The molecule has 1 aliphatic rings. The second-order valence-electron chi connectivity index (χ2n) is 7.37. The van der Waals surface area contributed by atoms with Crippen LogP contribution in [-0.4, -0.2) is 73.1 Å². The van der Waals surface area contributed by atoms with Crippen molar-refractivity contribution in [2.75, 3.05) is 39.0 Å². The summed E-state index contributed by atoms with van der Waals surface area (Å²) in [6, 6.07) is 10.5. The Hall–Kier alpha value is -2.71. The van der Waals surface area contributed by atoms with E-state index in [9.17, 15) is 13.2 Å². The summed E-state index contributed by atoms with van der Waals surface area (Å²) in [5.41, 5.74) is 2.95. The molecule has 8 heteroatoms. The Bertz CT molecular complexity index is 1140.